The largest absolute Gasteiger partial charge is 0.393 e. The smallest absolute Gasteiger partial charge is 0.148 e. The highest BCUT2D eigenvalue weighted by Gasteiger charge is 2.05. The van der Waals surface area contributed by atoms with Gasteiger partial charge in [0.05, 0.1) is 6.10 Å². The molecule has 3 heteroatoms. The van der Waals surface area contributed by atoms with Crippen LogP contribution in [0.2, 0.25) is 0 Å². The van der Waals surface area contributed by atoms with Gasteiger partial charge in [0.15, 0.2) is 0 Å². The highest BCUT2D eigenvalue weighted by molar-refractivity contribution is 5.55. The third kappa shape index (κ3) is 4.47. The van der Waals surface area contributed by atoms with Gasteiger partial charge in [-0.2, -0.15) is 0 Å². The summed E-state index contributed by atoms with van der Waals surface area (Å²) in [6, 6.07) is 0. The maximum Gasteiger partial charge on any atom is 0.148 e. The van der Waals surface area contributed by atoms with Gasteiger partial charge in [0.1, 0.15) is 12.4 Å². The van der Waals surface area contributed by atoms with Crippen LogP contribution in [0.25, 0.3) is 0 Å². The van der Waals surface area contributed by atoms with Crippen molar-refractivity contribution in [1.29, 1.82) is 0 Å². The molecule has 3 nitrogen and oxygen atoms in total. The SMILES string of the molecule is CCC(O)CCC(O)C=O. The summed E-state index contributed by atoms with van der Waals surface area (Å²) in [5, 5.41) is 17.7. The van der Waals surface area contributed by atoms with Crippen LogP contribution < -0.4 is 0 Å². The van der Waals surface area contributed by atoms with Gasteiger partial charge in [0.2, 0.25) is 0 Å². The summed E-state index contributed by atoms with van der Waals surface area (Å²) in [5.74, 6) is 0. The van der Waals surface area contributed by atoms with E-state index in [4.69, 9.17) is 10.2 Å². The molecule has 0 aliphatic carbocycles. The summed E-state index contributed by atoms with van der Waals surface area (Å²) in [6.45, 7) is 1.86. The number of rotatable bonds is 5. The third-order valence-electron chi connectivity index (χ3n) is 1.42. The zero-order chi connectivity index (χ0) is 7.98. The average Bonchev–Trinajstić information content (AvgIpc) is 1.99. The molecule has 2 N–H and O–H groups in total. The fourth-order valence-electron chi connectivity index (χ4n) is 0.635. The van der Waals surface area contributed by atoms with Crippen LogP contribution in [0, 0.1) is 0 Å². The Morgan fingerprint density at radius 2 is 2.00 bits per heavy atom. The first-order chi connectivity index (χ1) is 4.70. The van der Waals surface area contributed by atoms with E-state index in [2.05, 4.69) is 0 Å². The first-order valence-electron chi connectivity index (χ1n) is 3.52. The van der Waals surface area contributed by atoms with Gasteiger partial charge < -0.3 is 15.0 Å². The molecule has 0 radical (unpaired) electrons. The summed E-state index contributed by atoms with van der Waals surface area (Å²) < 4.78 is 0. The summed E-state index contributed by atoms with van der Waals surface area (Å²) >= 11 is 0. The maximum absolute atomic E-state index is 9.87. The monoisotopic (exact) mass is 146 g/mol. The lowest BCUT2D eigenvalue weighted by Gasteiger charge is -2.07. The van der Waals surface area contributed by atoms with Crippen LogP contribution in [0.5, 0.6) is 0 Å². The van der Waals surface area contributed by atoms with Gasteiger partial charge in [-0.1, -0.05) is 6.92 Å². The van der Waals surface area contributed by atoms with Crippen LogP contribution >= 0.6 is 0 Å². The Kier molecular flexibility index (Phi) is 5.16. The van der Waals surface area contributed by atoms with Crippen LogP contribution in [0.15, 0.2) is 0 Å². The van der Waals surface area contributed by atoms with Crippen molar-refractivity contribution in [3.63, 3.8) is 0 Å². The zero-order valence-corrected chi connectivity index (χ0v) is 6.16. The van der Waals surface area contributed by atoms with E-state index >= 15 is 0 Å². The van der Waals surface area contributed by atoms with Crippen LogP contribution in [0.1, 0.15) is 26.2 Å². The lowest BCUT2D eigenvalue weighted by molar-refractivity contribution is -0.115. The molecule has 0 bridgehead atoms. The van der Waals surface area contributed by atoms with Gasteiger partial charge >= 0.3 is 0 Å². The lowest BCUT2D eigenvalue weighted by Crippen LogP contribution is -2.13. The second-order valence-corrected chi connectivity index (χ2v) is 2.34. The second-order valence-electron chi connectivity index (χ2n) is 2.34. The Morgan fingerprint density at radius 3 is 2.40 bits per heavy atom. The summed E-state index contributed by atoms with van der Waals surface area (Å²) in [4.78, 5) is 9.87. The molecule has 0 aromatic carbocycles. The van der Waals surface area contributed by atoms with Crippen LogP contribution in [0.4, 0.5) is 0 Å². The summed E-state index contributed by atoms with van der Waals surface area (Å²) in [5.41, 5.74) is 0. The van der Waals surface area contributed by atoms with E-state index in [0.29, 0.717) is 25.5 Å². The van der Waals surface area contributed by atoms with Gasteiger partial charge in [-0.15, -0.1) is 0 Å². The van der Waals surface area contributed by atoms with Gasteiger partial charge in [-0.25, -0.2) is 0 Å². The fraction of sp³-hybridized carbons (Fsp3) is 0.857. The number of aldehydes is 1. The first kappa shape index (κ1) is 9.59. The van der Waals surface area contributed by atoms with Gasteiger partial charge in [0, 0.05) is 0 Å². The quantitative estimate of drug-likeness (QED) is 0.541. The van der Waals surface area contributed by atoms with Crippen molar-refractivity contribution in [3.8, 4) is 0 Å². The Bertz CT molecular complexity index is 92.9. The molecule has 0 rings (SSSR count). The van der Waals surface area contributed by atoms with Crippen molar-refractivity contribution in [3.05, 3.63) is 0 Å². The van der Waals surface area contributed by atoms with Crippen LogP contribution in [0.3, 0.4) is 0 Å². The predicted molar refractivity (Wildman–Crippen MR) is 37.6 cm³/mol. The summed E-state index contributed by atoms with van der Waals surface area (Å²) in [6.07, 6.45) is 0.735. The Labute approximate surface area is 60.7 Å². The minimum atomic E-state index is -0.902. The molecule has 0 spiro atoms. The molecule has 0 heterocycles. The predicted octanol–water partition coefficient (Wildman–Crippen LogP) is 0.0973. The minimum Gasteiger partial charge on any atom is -0.393 e. The molecule has 60 valence electrons. The number of aliphatic hydroxyl groups is 2. The number of aliphatic hydroxyl groups excluding tert-OH is 2. The van der Waals surface area contributed by atoms with E-state index in [-0.39, 0.29) is 6.10 Å². The Morgan fingerprint density at radius 1 is 1.40 bits per heavy atom. The normalized spacial score (nSPS) is 16.3. The van der Waals surface area contributed by atoms with Crippen molar-refractivity contribution in [2.24, 2.45) is 0 Å². The average molecular weight is 146 g/mol. The van der Waals surface area contributed by atoms with Crippen molar-refractivity contribution < 1.29 is 15.0 Å². The molecule has 0 saturated heterocycles. The van der Waals surface area contributed by atoms with E-state index in [1.54, 1.807) is 0 Å². The molecule has 10 heavy (non-hydrogen) atoms. The zero-order valence-electron chi connectivity index (χ0n) is 6.16. The minimum absolute atomic E-state index is 0.360. The van der Waals surface area contributed by atoms with Crippen molar-refractivity contribution in [2.75, 3.05) is 0 Å². The molecule has 0 fully saturated rings. The number of carbonyl (C=O) groups is 1. The van der Waals surface area contributed by atoms with E-state index < -0.39 is 6.10 Å². The Balaban J connectivity index is 3.25. The lowest BCUT2D eigenvalue weighted by atomic mass is 10.1. The molecule has 0 aliphatic rings. The van der Waals surface area contributed by atoms with Crippen LogP contribution in [-0.2, 0) is 4.79 Å². The van der Waals surface area contributed by atoms with Crippen molar-refractivity contribution in [1.82, 2.24) is 0 Å². The topological polar surface area (TPSA) is 57.5 Å². The van der Waals surface area contributed by atoms with Crippen LogP contribution in [-0.4, -0.2) is 28.7 Å². The molecule has 2 unspecified atom stereocenters. The highest BCUT2D eigenvalue weighted by atomic mass is 16.3. The molecule has 2 atom stereocenters. The maximum atomic E-state index is 9.87. The molecule has 0 aromatic heterocycles. The molecule has 0 aliphatic heterocycles. The second kappa shape index (κ2) is 5.38. The number of carbonyl (C=O) groups excluding carboxylic acids is 1. The Hall–Kier alpha value is -0.410. The molecular formula is C7H14O3. The van der Waals surface area contributed by atoms with E-state index in [1.807, 2.05) is 6.92 Å². The van der Waals surface area contributed by atoms with Gasteiger partial charge in [-0.3, -0.25) is 0 Å². The standard InChI is InChI=1S/C7H14O3/c1-2-6(9)3-4-7(10)5-8/h5-7,9-10H,2-4H2,1H3. The van der Waals surface area contributed by atoms with Crippen molar-refractivity contribution >= 4 is 6.29 Å². The van der Waals surface area contributed by atoms with E-state index in [1.165, 1.54) is 0 Å². The molecular weight excluding hydrogens is 132 g/mol. The van der Waals surface area contributed by atoms with Gasteiger partial charge in [-0.05, 0) is 19.3 Å². The number of hydrogen-bond donors (Lipinski definition) is 2. The van der Waals surface area contributed by atoms with Gasteiger partial charge in [0.25, 0.3) is 0 Å². The number of hydrogen-bond acceptors (Lipinski definition) is 3. The summed E-state index contributed by atoms with van der Waals surface area (Å²) in [7, 11) is 0. The first-order valence-corrected chi connectivity index (χ1v) is 3.52. The highest BCUT2D eigenvalue weighted by Crippen LogP contribution is 2.02. The molecule has 0 saturated carbocycles. The van der Waals surface area contributed by atoms with E-state index in [9.17, 15) is 4.79 Å². The third-order valence-corrected chi connectivity index (χ3v) is 1.42. The molecule has 0 aromatic rings. The molecule has 0 amide bonds. The van der Waals surface area contributed by atoms with E-state index in [0.717, 1.165) is 0 Å². The fourth-order valence-corrected chi connectivity index (χ4v) is 0.635. The van der Waals surface area contributed by atoms with Crippen molar-refractivity contribution in [2.45, 2.75) is 38.4 Å².